The molecule has 0 radical (unpaired) electrons. The maximum absolute atomic E-state index is 12.3. The minimum absolute atomic E-state index is 0.0513. The molecule has 2 heterocycles. The first-order chi connectivity index (χ1) is 13.2. The Morgan fingerprint density at radius 1 is 1.11 bits per heavy atom. The van der Waals surface area contributed by atoms with Crippen molar-refractivity contribution in [2.24, 2.45) is 0 Å². The Balaban J connectivity index is 1.36. The van der Waals surface area contributed by atoms with Crippen LogP contribution >= 0.6 is 22.9 Å². The lowest BCUT2D eigenvalue weighted by Gasteiger charge is -2.25. The number of carbonyl (C=O) groups is 1. The van der Waals surface area contributed by atoms with Gasteiger partial charge in [0, 0.05) is 36.0 Å². The summed E-state index contributed by atoms with van der Waals surface area (Å²) in [5.74, 6) is -0.0513. The van der Waals surface area contributed by atoms with Gasteiger partial charge in [0.1, 0.15) is 0 Å². The van der Waals surface area contributed by atoms with E-state index in [2.05, 4.69) is 39.5 Å². The van der Waals surface area contributed by atoms with Crippen LogP contribution in [0.25, 0.3) is 0 Å². The van der Waals surface area contributed by atoms with Gasteiger partial charge in [-0.3, -0.25) is 9.69 Å². The van der Waals surface area contributed by atoms with E-state index >= 15 is 0 Å². The van der Waals surface area contributed by atoms with Gasteiger partial charge in [0.2, 0.25) is 5.91 Å². The van der Waals surface area contributed by atoms with E-state index in [4.69, 9.17) is 11.6 Å². The first-order valence-corrected chi connectivity index (χ1v) is 10.1. The maximum Gasteiger partial charge on any atom is 0.230 e. The number of anilines is 1. The van der Waals surface area contributed by atoms with Crippen molar-refractivity contribution in [2.75, 3.05) is 11.9 Å². The molecule has 1 N–H and O–H groups in total. The summed E-state index contributed by atoms with van der Waals surface area (Å²) < 4.78 is 0. The van der Waals surface area contributed by atoms with E-state index in [1.165, 1.54) is 10.4 Å². The molecule has 3 aromatic rings. The van der Waals surface area contributed by atoms with Crippen LogP contribution in [-0.4, -0.2) is 22.3 Å². The topological polar surface area (TPSA) is 45.2 Å². The fourth-order valence-corrected chi connectivity index (χ4v) is 4.42. The van der Waals surface area contributed by atoms with Crippen LogP contribution in [0, 0.1) is 0 Å². The molecule has 0 saturated heterocycles. The number of benzene rings is 2. The van der Waals surface area contributed by atoms with Crippen LogP contribution in [0.2, 0.25) is 5.02 Å². The molecule has 4 nitrogen and oxygen atoms in total. The average Bonchev–Trinajstić information content (AvgIpc) is 3.06. The highest BCUT2D eigenvalue weighted by Gasteiger charge is 2.21. The number of nitrogens with one attached hydrogen (secondary N) is 1. The van der Waals surface area contributed by atoms with Gasteiger partial charge in [-0.25, -0.2) is 4.98 Å². The zero-order chi connectivity index (χ0) is 18.6. The van der Waals surface area contributed by atoms with E-state index in [0.29, 0.717) is 16.6 Å². The van der Waals surface area contributed by atoms with Crippen LogP contribution in [0.15, 0.2) is 54.6 Å². The van der Waals surface area contributed by atoms with Crippen molar-refractivity contribution in [2.45, 2.75) is 25.9 Å². The number of halogens is 1. The Morgan fingerprint density at radius 3 is 2.67 bits per heavy atom. The highest BCUT2D eigenvalue weighted by Crippen LogP contribution is 2.29. The Labute approximate surface area is 167 Å². The smallest absolute Gasteiger partial charge is 0.230 e. The Morgan fingerprint density at radius 2 is 1.89 bits per heavy atom. The minimum Gasteiger partial charge on any atom is -0.302 e. The van der Waals surface area contributed by atoms with Gasteiger partial charge in [-0.15, -0.1) is 11.3 Å². The summed E-state index contributed by atoms with van der Waals surface area (Å²) in [7, 11) is 0. The van der Waals surface area contributed by atoms with Crippen LogP contribution in [0.3, 0.4) is 0 Å². The fourth-order valence-electron chi connectivity index (χ4n) is 3.23. The first-order valence-electron chi connectivity index (χ1n) is 8.95. The molecule has 1 aliphatic rings. The second-order valence-electron chi connectivity index (χ2n) is 6.69. The average molecular weight is 398 g/mol. The second-order valence-corrected chi connectivity index (χ2v) is 8.21. The first kappa shape index (κ1) is 18.2. The molecule has 1 aromatic heterocycles. The van der Waals surface area contributed by atoms with E-state index in [0.717, 1.165) is 37.3 Å². The molecule has 6 heteroatoms. The monoisotopic (exact) mass is 397 g/mol. The summed E-state index contributed by atoms with van der Waals surface area (Å²) in [6.07, 6.45) is 1.24. The van der Waals surface area contributed by atoms with Gasteiger partial charge in [-0.05, 0) is 23.3 Å². The van der Waals surface area contributed by atoms with E-state index < -0.39 is 0 Å². The molecule has 4 rings (SSSR count). The van der Waals surface area contributed by atoms with Gasteiger partial charge in [0.15, 0.2) is 5.13 Å². The molecule has 0 aliphatic carbocycles. The van der Waals surface area contributed by atoms with Gasteiger partial charge in [-0.1, -0.05) is 54.1 Å². The van der Waals surface area contributed by atoms with Crippen molar-refractivity contribution in [3.8, 4) is 0 Å². The predicted molar refractivity (Wildman–Crippen MR) is 110 cm³/mol. The Hall–Kier alpha value is -2.21. The van der Waals surface area contributed by atoms with Crippen molar-refractivity contribution >= 4 is 34.0 Å². The Kier molecular flexibility index (Phi) is 5.53. The van der Waals surface area contributed by atoms with Crippen molar-refractivity contribution in [1.29, 1.82) is 0 Å². The van der Waals surface area contributed by atoms with Gasteiger partial charge in [0.05, 0.1) is 12.1 Å². The normalized spacial score (nSPS) is 14.0. The van der Waals surface area contributed by atoms with Gasteiger partial charge in [0.25, 0.3) is 0 Å². The summed E-state index contributed by atoms with van der Waals surface area (Å²) in [5, 5.41) is 4.31. The summed E-state index contributed by atoms with van der Waals surface area (Å²) in [4.78, 5) is 20.6. The van der Waals surface area contributed by atoms with Crippen LogP contribution in [-0.2, 0) is 30.7 Å². The molecule has 27 heavy (non-hydrogen) atoms. The quantitative estimate of drug-likeness (QED) is 0.687. The highest BCUT2D eigenvalue weighted by molar-refractivity contribution is 7.15. The molecular formula is C21H20ClN3OS. The van der Waals surface area contributed by atoms with Crippen molar-refractivity contribution in [3.63, 3.8) is 0 Å². The lowest BCUT2D eigenvalue weighted by atomic mass is 10.1. The molecule has 0 fully saturated rings. The van der Waals surface area contributed by atoms with Crippen LogP contribution in [0.5, 0.6) is 0 Å². The SMILES string of the molecule is O=C(Cc1ccc(Cl)cc1)Nc1nc2c(s1)CN(Cc1ccccc1)CC2. The molecule has 0 saturated carbocycles. The molecule has 1 aliphatic heterocycles. The van der Waals surface area contributed by atoms with E-state index in [1.807, 2.05) is 18.2 Å². The number of fused-ring (bicyclic) bond motifs is 1. The van der Waals surface area contributed by atoms with Gasteiger partial charge in [-0.2, -0.15) is 0 Å². The van der Waals surface area contributed by atoms with E-state index in [9.17, 15) is 4.79 Å². The number of rotatable bonds is 5. The fraction of sp³-hybridized carbons (Fsp3) is 0.238. The zero-order valence-corrected chi connectivity index (χ0v) is 16.4. The lowest BCUT2D eigenvalue weighted by molar-refractivity contribution is -0.115. The number of carbonyl (C=O) groups excluding carboxylic acids is 1. The summed E-state index contributed by atoms with van der Waals surface area (Å²) in [5.41, 5.74) is 3.38. The standard InChI is InChI=1S/C21H20ClN3OS/c22-17-8-6-15(7-9-17)12-20(26)24-21-23-18-10-11-25(14-19(18)27-21)13-16-4-2-1-3-5-16/h1-9H,10-14H2,(H,23,24,26). The summed E-state index contributed by atoms with van der Waals surface area (Å²) in [6, 6.07) is 17.8. The number of hydrogen-bond donors (Lipinski definition) is 1. The highest BCUT2D eigenvalue weighted by atomic mass is 35.5. The largest absolute Gasteiger partial charge is 0.302 e. The summed E-state index contributed by atoms with van der Waals surface area (Å²) >= 11 is 7.47. The lowest BCUT2D eigenvalue weighted by Crippen LogP contribution is -2.29. The van der Waals surface area contributed by atoms with Gasteiger partial charge >= 0.3 is 0 Å². The number of nitrogens with zero attached hydrogens (tertiary/aromatic N) is 2. The van der Waals surface area contributed by atoms with Crippen molar-refractivity contribution in [1.82, 2.24) is 9.88 Å². The summed E-state index contributed by atoms with van der Waals surface area (Å²) in [6.45, 7) is 2.81. The van der Waals surface area contributed by atoms with Crippen LogP contribution in [0.4, 0.5) is 5.13 Å². The maximum atomic E-state index is 12.3. The molecule has 0 bridgehead atoms. The molecule has 0 atom stereocenters. The van der Waals surface area contributed by atoms with Gasteiger partial charge < -0.3 is 5.32 Å². The third kappa shape index (κ3) is 4.75. The molecule has 0 unspecified atom stereocenters. The van der Waals surface area contributed by atoms with Crippen LogP contribution < -0.4 is 5.32 Å². The number of aromatic nitrogens is 1. The third-order valence-electron chi connectivity index (χ3n) is 4.58. The number of thiazole rings is 1. The molecule has 0 spiro atoms. The number of hydrogen-bond acceptors (Lipinski definition) is 4. The second kappa shape index (κ2) is 8.21. The Bertz CT molecular complexity index is 924. The van der Waals surface area contributed by atoms with E-state index in [-0.39, 0.29) is 5.91 Å². The van der Waals surface area contributed by atoms with Crippen molar-refractivity contribution in [3.05, 3.63) is 81.3 Å². The number of amides is 1. The molecule has 138 valence electrons. The predicted octanol–water partition coefficient (Wildman–Crippen LogP) is 4.54. The molecule has 2 aromatic carbocycles. The van der Waals surface area contributed by atoms with E-state index in [1.54, 1.807) is 23.5 Å². The van der Waals surface area contributed by atoms with Crippen LogP contribution in [0.1, 0.15) is 21.7 Å². The zero-order valence-electron chi connectivity index (χ0n) is 14.8. The minimum atomic E-state index is -0.0513. The molecule has 1 amide bonds. The van der Waals surface area contributed by atoms with Crippen molar-refractivity contribution < 1.29 is 4.79 Å². The molecular weight excluding hydrogens is 378 g/mol. The third-order valence-corrected chi connectivity index (χ3v) is 5.83.